The summed E-state index contributed by atoms with van der Waals surface area (Å²) in [7, 11) is 0. The average Bonchev–Trinajstić information content (AvgIpc) is 3.45. The lowest BCUT2D eigenvalue weighted by Gasteiger charge is -2.25. The highest BCUT2D eigenvalue weighted by atomic mass is 32.2. The molecular weight excluding hydrogens is 358 g/mol. The summed E-state index contributed by atoms with van der Waals surface area (Å²) in [5.41, 5.74) is 3.44. The first-order valence-corrected chi connectivity index (χ1v) is 11.1. The molecule has 7 heteroatoms. The van der Waals surface area contributed by atoms with Gasteiger partial charge in [-0.1, -0.05) is 0 Å². The van der Waals surface area contributed by atoms with Crippen LogP contribution in [0.3, 0.4) is 0 Å². The van der Waals surface area contributed by atoms with E-state index in [-0.39, 0.29) is 5.56 Å². The van der Waals surface area contributed by atoms with Gasteiger partial charge in [-0.05, 0) is 43.5 Å². The van der Waals surface area contributed by atoms with Gasteiger partial charge in [0.05, 0.1) is 12.2 Å². The Hall–Kier alpha value is -1.73. The number of thioether (sulfide) groups is 1. The van der Waals surface area contributed by atoms with Crippen LogP contribution < -0.4 is 5.56 Å². The van der Waals surface area contributed by atoms with E-state index in [1.807, 2.05) is 24.2 Å². The van der Waals surface area contributed by atoms with E-state index in [0.29, 0.717) is 18.5 Å². The molecule has 4 heterocycles. The molecule has 2 aromatic rings. The molecule has 0 radical (unpaired) electrons. The highest BCUT2D eigenvalue weighted by molar-refractivity contribution is 7.98. The topological polar surface area (TPSA) is 63.9 Å². The van der Waals surface area contributed by atoms with E-state index in [2.05, 4.69) is 14.9 Å². The Bertz CT molecular complexity index is 877. The molecule has 1 saturated carbocycles. The van der Waals surface area contributed by atoms with Gasteiger partial charge < -0.3 is 0 Å². The summed E-state index contributed by atoms with van der Waals surface area (Å²) >= 11 is 1.89. The van der Waals surface area contributed by atoms with Crippen LogP contribution in [0.5, 0.6) is 0 Å². The molecule has 142 valence electrons. The summed E-state index contributed by atoms with van der Waals surface area (Å²) in [5.74, 6) is 3.62. The number of aromatic nitrogens is 4. The second-order valence-electron chi connectivity index (χ2n) is 7.93. The number of hydrogen-bond acceptors (Lipinski definition) is 6. The first-order valence-electron chi connectivity index (χ1n) is 9.99. The van der Waals surface area contributed by atoms with E-state index >= 15 is 0 Å². The van der Waals surface area contributed by atoms with Crippen LogP contribution in [0, 0.1) is 0 Å². The van der Waals surface area contributed by atoms with E-state index in [1.54, 1.807) is 10.7 Å². The maximum atomic E-state index is 12.5. The zero-order valence-corrected chi connectivity index (χ0v) is 16.3. The van der Waals surface area contributed by atoms with Crippen molar-refractivity contribution in [2.45, 2.75) is 62.9 Å². The molecular formula is C20H25N5OS. The van der Waals surface area contributed by atoms with Gasteiger partial charge in [0.25, 0.3) is 5.56 Å². The summed E-state index contributed by atoms with van der Waals surface area (Å²) in [6, 6.07) is 2.16. The van der Waals surface area contributed by atoms with Crippen LogP contribution in [-0.4, -0.2) is 43.0 Å². The van der Waals surface area contributed by atoms with Crippen molar-refractivity contribution in [3.63, 3.8) is 0 Å². The van der Waals surface area contributed by atoms with E-state index in [9.17, 15) is 4.79 Å². The van der Waals surface area contributed by atoms with Gasteiger partial charge in [0, 0.05) is 54.7 Å². The number of fused-ring (bicyclic) bond motifs is 1. The van der Waals surface area contributed by atoms with Gasteiger partial charge in [-0.2, -0.15) is 16.9 Å². The van der Waals surface area contributed by atoms with Crippen LogP contribution in [0.25, 0.3) is 0 Å². The lowest BCUT2D eigenvalue weighted by Crippen LogP contribution is -2.37. The van der Waals surface area contributed by atoms with Crippen molar-refractivity contribution >= 4 is 11.8 Å². The maximum absolute atomic E-state index is 12.5. The van der Waals surface area contributed by atoms with Crippen molar-refractivity contribution in [3.8, 4) is 0 Å². The summed E-state index contributed by atoms with van der Waals surface area (Å²) < 4.78 is 1.70. The second-order valence-corrected chi connectivity index (χ2v) is 9.03. The molecule has 0 spiro atoms. The van der Waals surface area contributed by atoms with Gasteiger partial charge >= 0.3 is 0 Å². The minimum atomic E-state index is 0.0419. The largest absolute Gasteiger partial charge is 0.294 e. The molecule has 2 aromatic heterocycles. The van der Waals surface area contributed by atoms with Crippen LogP contribution in [-0.2, 0) is 25.3 Å². The van der Waals surface area contributed by atoms with Crippen molar-refractivity contribution in [2.24, 2.45) is 0 Å². The minimum absolute atomic E-state index is 0.0419. The Kier molecular flexibility index (Phi) is 4.73. The molecule has 0 N–H and O–H groups in total. The van der Waals surface area contributed by atoms with E-state index in [0.717, 1.165) is 60.1 Å². The normalized spacial score (nSPS) is 22.7. The van der Waals surface area contributed by atoms with Gasteiger partial charge in [-0.25, -0.2) is 14.6 Å². The van der Waals surface area contributed by atoms with Crippen molar-refractivity contribution in [1.29, 1.82) is 0 Å². The van der Waals surface area contributed by atoms with E-state index in [4.69, 9.17) is 5.10 Å². The molecule has 0 bridgehead atoms. The molecule has 5 rings (SSSR count). The fraction of sp³-hybridized carbons (Fsp3) is 0.600. The number of aryl methyl sites for hydroxylation is 1. The van der Waals surface area contributed by atoms with Crippen LogP contribution in [0.15, 0.2) is 23.3 Å². The summed E-state index contributed by atoms with van der Waals surface area (Å²) in [6.45, 7) is 2.59. The molecule has 1 atom stereocenters. The van der Waals surface area contributed by atoms with Gasteiger partial charge in [0.2, 0.25) is 0 Å². The van der Waals surface area contributed by atoms with Crippen molar-refractivity contribution in [3.05, 3.63) is 51.5 Å². The van der Waals surface area contributed by atoms with Crippen molar-refractivity contribution in [2.75, 3.05) is 12.3 Å². The Balaban J connectivity index is 1.29. The SMILES string of the molecule is O=c1cc2c(nn1CC1CCCN1Cc1cnc(C3CC3)nc1)CCSC2. The summed E-state index contributed by atoms with van der Waals surface area (Å²) in [5, 5.41) is 4.70. The molecule has 1 unspecified atom stereocenters. The Morgan fingerprint density at radius 3 is 2.85 bits per heavy atom. The number of nitrogens with zero attached hydrogens (tertiary/aromatic N) is 5. The average molecular weight is 384 g/mol. The highest BCUT2D eigenvalue weighted by Crippen LogP contribution is 2.37. The zero-order valence-electron chi connectivity index (χ0n) is 15.5. The first-order chi connectivity index (χ1) is 13.3. The molecule has 27 heavy (non-hydrogen) atoms. The summed E-state index contributed by atoms with van der Waals surface area (Å²) in [6.07, 6.45) is 9.68. The Morgan fingerprint density at radius 2 is 2.04 bits per heavy atom. The first kappa shape index (κ1) is 17.4. The third kappa shape index (κ3) is 3.80. The number of hydrogen-bond donors (Lipinski definition) is 0. The quantitative estimate of drug-likeness (QED) is 0.790. The van der Waals surface area contributed by atoms with Crippen molar-refractivity contribution in [1.82, 2.24) is 24.6 Å². The number of likely N-dealkylation sites (tertiary alicyclic amines) is 1. The van der Waals surface area contributed by atoms with Crippen LogP contribution in [0.1, 0.15) is 54.2 Å². The minimum Gasteiger partial charge on any atom is -0.294 e. The molecule has 1 aliphatic carbocycles. The Labute approximate surface area is 163 Å². The molecule has 2 aliphatic heterocycles. The fourth-order valence-corrected chi connectivity index (χ4v) is 5.08. The van der Waals surface area contributed by atoms with Crippen molar-refractivity contribution < 1.29 is 0 Å². The zero-order chi connectivity index (χ0) is 18.2. The lowest BCUT2D eigenvalue weighted by molar-refractivity contribution is 0.215. The lowest BCUT2D eigenvalue weighted by atomic mass is 10.2. The smallest absolute Gasteiger partial charge is 0.267 e. The highest BCUT2D eigenvalue weighted by Gasteiger charge is 2.28. The second kappa shape index (κ2) is 7.36. The predicted octanol–water partition coefficient (Wildman–Crippen LogP) is 2.36. The van der Waals surface area contributed by atoms with Gasteiger partial charge in [-0.15, -0.1) is 0 Å². The van der Waals surface area contributed by atoms with E-state index < -0.39 is 0 Å². The molecule has 1 saturated heterocycles. The molecule has 2 fully saturated rings. The van der Waals surface area contributed by atoms with Gasteiger partial charge in [-0.3, -0.25) is 9.69 Å². The molecule has 0 aromatic carbocycles. The summed E-state index contributed by atoms with van der Waals surface area (Å²) in [4.78, 5) is 24.1. The van der Waals surface area contributed by atoms with Crippen LogP contribution >= 0.6 is 11.8 Å². The third-order valence-corrected chi connectivity index (χ3v) is 6.85. The van der Waals surface area contributed by atoms with Gasteiger partial charge in [0.1, 0.15) is 5.82 Å². The third-order valence-electron chi connectivity index (χ3n) is 5.84. The van der Waals surface area contributed by atoms with Crippen LogP contribution in [0.2, 0.25) is 0 Å². The molecule has 0 amide bonds. The van der Waals surface area contributed by atoms with E-state index in [1.165, 1.54) is 19.3 Å². The number of rotatable bonds is 5. The molecule has 6 nitrogen and oxygen atoms in total. The standard InChI is InChI=1S/C20H25N5OS/c26-19-8-16-13-27-7-5-18(16)23-25(19)12-17-2-1-6-24(17)11-14-9-21-20(22-10-14)15-3-4-15/h8-10,15,17H,1-7,11-13H2. The maximum Gasteiger partial charge on any atom is 0.267 e. The Morgan fingerprint density at radius 1 is 1.19 bits per heavy atom. The van der Waals surface area contributed by atoms with Gasteiger partial charge in [0.15, 0.2) is 0 Å². The van der Waals surface area contributed by atoms with Crippen LogP contribution in [0.4, 0.5) is 0 Å². The molecule has 3 aliphatic rings. The fourth-order valence-electron chi connectivity index (χ4n) is 4.13. The predicted molar refractivity (Wildman–Crippen MR) is 106 cm³/mol. The monoisotopic (exact) mass is 383 g/mol.